The number of rotatable bonds is 8. The van der Waals surface area contributed by atoms with E-state index >= 15 is 0 Å². The second kappa shape index (κ2) is 7.36. The second-order valence-electron chi connectivity index (χ2n) is 6.42. The minimum atomic E-state index is -3.92. The molecule has 2 fully saturated rings. The molecule has 1 aliphatic carbocycles. The number of fused-ring (bicyclic) bond motifs is 1. The van der Waals surface area contributed by atoms with Crippen molar-refractivity contribution in [2.75, 3.05) is 13.2 Å². The van der Waals surface area contributed by atoms with Crippen LogP contribution in [-0.2, 0) is 23.4 Å². The molecule has 2 aliphatic rings. The zero-order chi connectivity index (χ0) is 18.9. The fourth-order valence-corrected chi connectivity index (χ4v) is 4.05. The molecule has 0 amide bonds. The quantitative estimate of drug-likeness (QED) is 0.365. The average molecular weight is 386 g/mol. The Balaban J connectivity index is 1.63. The van der Waals surface area contributed by atoms with Crippen LogP contribution in [0.5, 0.6) is 0 Å². The topological polar surface area (TPSA) is 140 Å². The van der Waals surface area contributed by atoms with Gasteiger partial charge in [0.15, 0.2) is 0 Å². The number of nitrogens with two attached hydrogens (primary N) is 1. The maximum Gasteiger partial charge on any atom is 0.339 e. The smallest absolute Gasteiger partial charge is 0.339 e. The van der Waals surface area contributed by atoms with Crippen LogP contribution >= 0.6 is 7.67 Å². The standard InChI is InChI=1S/C16H23N2O7P/c1-2-23-15(20)13(10-6-4-3-5-7-10)18-26(17,22)24-9-11-14(19)16(21)8-12(16)25-11/h3-7,11-14,19,21H,2,8-9H2,1H3,(H3,17,18,22)/t11-,12+,13+,14?,16?,26?/m1/s1. The van der Waals surface area contributed by atoms with Crippen LogP contribution in [0, 0.1) is 0 Å². The summed E-state index contributed by atoms with van der Waals surface area (Å²) in [5.74, 6) is -0.638. The Morgan fingerprint density at radius 3 is 2.77 bits per heavy atom. The van der Waals surface area contributed by atoms with Gasteiger partial charge in [0, 0.05) is 6.42 Å². The number of nitrogens with one attached hydrogen (secondary N) is 1. The molecule has 1 saturated heterocycles. The minimum absolute atomic E-state index is 0.154. The van der Waals surface area contributed by atoms with Crippen LogP contribution in [0.3, 0.4) is 0 Å². The molecule has 0 bridgehead atoms. The van der Waals surface area contributed by atoms with Gasteiger partial charge in [-0.3, -0.25) is 4.57 Å². The van der Waals surface area contributed by atoms with Crippen molar-refractivity contribution in [3.05, 3.63) is 35.9 Å². The highest BCUT2D eigenvalue weighted by Crippen LogP contribution is 2.50. The van der Waals surface area contributed by atoms with Gasteiger partial charge in [0.1, 0.15) is 23.9 Å². The number of hydrogen-bond donors (Lipinski definition) is 4. The summed E-state index contributed by atoms with van der Waals surface area (Å²) in [6.45, 7) is 1.53. The van der Waals surface area contributed by atoms with Gasteiger partial charge >= 0.3 is 13.6 Å². The molecular formula is C16H23N2O7P. The molecule has 1 saturated carbocycles. The Morgan fingerprint density at radius 2 is 2.19 bits per heavy atom. The lowest BCUT2D eigenvalue weighted by molar-refractivity contribution is -0.145. The van der Waals surface area contributed by atoms with E-state index in [9.17, 15) is 19.6 Å². The summed E-state index contributed by atoms with van der Waals surface area (Å²) < 4.78 is 28.2. The highest BCUT2D eigenvalue weighted by Gasteiger charge is 2.67. The molecule has 10 heteroatoms. The van der Waals surface area contributed by atoms with Gasteiger partial charge in [0.05, 0.1) is 19.3 Å². The molecule has 3 unspecified atom stereocenters. The van der Waals surface area contributed by atoms with Crippen molar-refractivity contribution in [3.63, 3.8) is 0 Å². The molecule has 9 nitrogen and oxygen atoms in total. The van der Waals surface area contributed by atoms with Crippen LogP contribution in [0.25, 0.3) is 0 Å². The van der Waals surface area contributed by atoms with Crippen LogP contribution in [0.4, 0.5) is 0 Å². The van der Waals surface area contributed by atoms with Crippen molar-refractivity contribution in [1.29, 1.82) is 0 Å². The third kappa shape index (κ3) is 3.99. The third-order valence-corrected chi connectivity index (χ3v) is 5.66. The largest absolute Gasteiger partial charge is 0.465 e. The number of ether oxygens (including phenoxy) is 2. The second-order valence-corrected chi connectivity index (χ2v) is 8.13. The van der Waals surface area contributed by atoms with E-state index in [1.807, 2.05) is 0 Å². The highest BCUT2D eigenvalue weighted by atomic mass is 31.2. The van der Waals surface area contributed by atoms with Gasteiger partial charge in [-0.1, -0.05) is 30.3 Å². The van der Waals surface area contributed by atoms with Gasteiger partial charge in [-0.05, 0) is 12.5 Å². The highest BCUT2D eigenvalue weighted by molar-refractivity contribution is 7.54. The maximum atomic E-state index is 12.6. The van der Waals surface area contributed by atoms with Crippen LogP contribution in [-0.4, -0.2) is 53.3 Å². The van der Waals surface area contributed by atoms with Gasteiger partial charge in [0.25, 0.3) is 0 Å². The predicted octanol–water partition coefficient (Wildman–Crippen LogP) is 0.227. The first-order chi connectivity index (χ1) is 12.3. The number of aliphatic hydroxyl groups is 2. The molecule has 1 heterocycles. The number of benzene rings is 1. The SMILES string of the molecule is CCOC(=O)[C@@H](NP(N)(=O)OC[C@H]1O[C@H]2CC2(O)C1O)c1ccccc1. The van der Waals surface area contributed by atoms with Crippen molar-refractivity contribution >= 4 is 13.6 Å². The Morgan fingerprint density at radius 1 is 1.50 bits per heavy atom. The zero-order valence-electron chi connectivity index (χ0n) is 14.3. The van der Waals surface area contributed by atoms with Gasteiger partial charge in [-0.2, -0.15) is 0 Å². The van der Waals surface area contributed by atoms with E-state index in [0.29, 0.717) is 12.0 Å². The average Bonchev–Trinajstić information content (AvgIpc) is 3.21. The van der Waals surface area contributed by atoms with E-state index in [1.165, 1.54) is 0 Å². The van der Waals surface area contributed by atoms with Gasteiger partial charge in [0.2, 0.25) is 0 Å². The van der Waals surface area contributed by atoms with E-state index in [4.69, 9.17) is 19.5 Å². The first-order valence-electron chi connectivity index (χ1n) is 8.35. The molecule has 144 valence electrons. The maximum absolute atomic E-state index is 12.6. The lowest BCUT2D eigenvalue weighted by atomic mass is 10.1. The fourth-order valence-electron chi connectivity index (χ4n) is 2.99. The molecule has 1 aromatic carbocycles. The molecule has 1 aliphatic heterocycles. The van der Waals surface area contributed by atoms with E-state index in [2.05, 4.69) is 5.09 Å². The van der Waals surface area contributed by atoms with Crippen molar-refractivity contribution in [2.24, 2.45) is 5.50 Å². The Labute approximate surface area is 151 Å². The predicted molar refractivity (Wildman–Crippen MR) is 90.9 cm³/mol. The van der Waals surface area contributed by atoms with Crippen molar-refractivity contribution in [3.8, 4) is 0 Å². The normalized spacial score (nSPS) is 33.2. The lowest BCUT2D eigenvalue weighted by Gasteiger charge is -2.24. The van der Waals surface area contributed by atoms with E-state index in [0.717, 1.165) is 0 Å². The Bertz CT molecular complexity index is 703. The number of hydrogen-bond acceptors (Lipinski definition) is 7. The molecular weight excluding hydrogens is 363 g/mol. The van der Waals surface area contributed by atoms with E-state index < -0.39 is 43.6 Å². The summed E-state index contributed by atoms with van der Waals surface area (Å²) in [6, 6.07) is 7.49. The summed E-state index contributed by atoms with van der Waals surface area (Å²) >= 11 is 0. The summed E-state index contributed by atoms with van der Waals surface area (Å²) in [7, 11) is -3.92. The van der Waals surface area contributed by atoms with Crippen LogP contribution in [0.1, 0.15) is 24.9 Å². The molecule has 26 heavy (non-hydrogen) atoms. The molecule has 1 aromatic rings. The first kappa shape index (κ1) is 19.4. The Kier molecular flexibility index (Phi) is 5.50. The summed E-state index contributed by atoms with van der Waals surface area (Å²) in [6.07, 6.45) is -2.05. The molecule has 0 spiro atoms. The van der Waals surface area contributed by atoms with Crippen LogP contribution in [0.2, 0.25) is 0 Å². The monoisotopic (exact) mass is 386 g/mol. The molecule has 0 radical (unpaired) electrons. The van der Waals surface area contributed by atoms with Crippen molar-refractivity contribution in [1.82, 2.24) is 5.09 Å². The summed E-state index contributed by atoms with van der Waals surface area (Å²) in [5, 5.41) is 22.5. The van der Waals surface area contributed by atoms with Gasteiger partial charge in [-0.25, -0.2) is 15.4 Å². The minimum Gasteiger partial charge on any atom is -0.465 e. The lowest BCUT2D eigenvalue weighted by Crippen LogP contribution is -2.38. The number of esters is 1. The van der Waals surface area contributed by atoms with E-state index in [-0.39, 0.29) is 13.2 Å². The van der Waals surface area contributed by atoms with Gasteiger partial charge < -0.3 is 24.2 Å². The van der Waals surface area contributed by atoms with Crippen LogP contribution in [0.15, 0.2) is 30.3 Å². The summed E-state index contributed by atoms with van der Waals surface area (Å²) in [5.41, 5.74) is 4.97. The first-order valence-corrected chi connectivity index (χ1v) is 10.0. The third-order valence-electron chi connectivity index (χ3n) is 4.51. The zero-order valence-corrected chi connectivity index (χ0v) is 15.2. The molecule has 3 rings (SSSR count). The summed E-state index contributed by atoms with van der Waals surface area (Å²) in [4.78, 5) is 12.2. The van der Waals surface area contributed by atoms with Crippen molar-refractivity contribution in [2.45, 2.75) is 43.3 Å². The van der Waals surface area contributed by atoms with Gasteiger partial charge in [-0.15, -0.1) is 0 Å². The number of carbonyl (C=O) groups is 1. The van der Waals surface area contributed by atoms with Crippen LogP contribution < -0.4 is 10.6 Å². The fraction of sp³-hybridized carbons (Fsp3) is 0.562. The molecule has 5 N–H and O–H groups in total. The Hall–Kier alpha value is -1.32. The molecule has 0 aromatic heterocycles. The number of carbonyl (C=O) groups excluding carboxylic acids is 1. The van der Waals surface area contributed by atoms with E-state index in [1.54, 1.807) is 37.3 Å². The number of aliphatic hydroxyl groups excluding tert-OH is 1. The molecule has 6 atom stereocenters. The van der Waals surface area contributed by atoms with Crippen molar-refractivity contribution < 1.29 is 33.6 Å².